The molecule has 1 atom stereocenters. The van der Waals surface area contributed by atoms with Gasteiger partial charge < -0.3 is 14.5 Å². The highest BCUT2D eigenvalue weighted by atomic mass is 19.4. The van der Waals surface area contributed by atoms with E-state index < -0.39 is 30.0 Å². The van der Waals surface area contributed by atoms with E-state index >= 15 is 0 Å². The van der Waals surface area contributed by atoms with Crippen molar-refractivity contribution in [1.82, 2.24) is 20.1 Å². The first-order valence-electron chi connectivity index (χ1n) is 13.0. The van der Waals surface area contributed by atoms with Crippen LogP contribution in [0.2, 0.25) is 0 Å². The van der Waals surface area contributed by atoms with Gasteiger partial charge in [0.2, 0.25) is 11.8 Å². The summed E-state index contributed by atoms with van der Waals surface area (Å²) < 4.78 is 45.3. The van der Waals surface area contributed by atoms with Crippen molar-refractivity contribution in [3.8, 4) is 5.75 Å². The van der Waals surface area contributed by atoms with Gasteiger partial charge in [-0.05, 0) is 56.2 Å². The molecule has 0 unspecified atom stereocenters. The summed E-state index contributed by atoms with van der Waals surface area (Å²) in [5.74, 6) is 0.0545. The molecule has 2 aliphatic heterocycles. The lowest BCUT2D eigenvalue weighted by Gasteiger charge is -2.36. The highest BCUT2D eigenvalue weighted by Crippen LogP contribution is 2.50. The lowest BCUT2D eigenvalue weighted by atomic mass is 9.69. The van der Waals surface area contributed by atoms with Gasteiger partial charge in [0.1, 0.15) is 12.3 Å². The van der Waals surface area contributed by atoms with Crippen molar-refractivity contribution in [1.29, 1.82) is 0 Å². The van der Waals surface area contributed by atoms with Gasteiger partial charge in [-0.2, -0.15) is 18.3 Å². The van der Waals surface area contributed by atoms with Crippen molar-refractivity contribution in [2.45, 2.75) is 68.7 Å². The summed E-state index contributed by atoms with van der Waals surface area (Å²) in [6, 6.07) is 8.46. The number of carbonyl (C=O) groups excluding carboxylic acids is 2. The highest BCUT2D eigenvalue weighted by molar-refractivity contribution is 6.10. The molecule has 0 radical (unpaired) electrons. The minimum absolute atomic E-state index is 0.0878. The zero-order valence-electron chi connectivity index (χ0n) is 20.7. The predicted molar refractivity (Wildman–Crippen MR) is 133 cm³/mol. The fraction of sp³-hybridized carbons (Fsp3) is 0.481. The number of para-hydroxylation sites is 1. The second-order valence-corrected chi connectivity index (χ2v) is 10.5. The quantitative estimate of drug-likeness (QED) is 0.527. The van der Waals surface area contributed by atoms with Gasteiger partial charge in [-0.15, -0.1) is 0 Å². The van der Waals surface area contributed by atoms with E-state index in [1.165, 1.54) is 9.80 Å². The zero-order valence-corrected chi connectivity index (χ0v) is 20.7. The summed E-state index contributed by atoms with van der Waals surface area (Å²) in [5, 5.41) is 7.64. The number of ether oxygens (including phenoxy) is 1. The van der Waals surface area contributed by atoms with Crippen LogP contribution >= 0.6 is 0 Å². The molecule has 4 heterocycles. The van der Waals surface area contributed by atoms with Crippen LogP contribution < -0.4 is 9.64 Å². The maximum Gasteiger partial charge on any atom is 0.391 e. The van der Waals surface area contributed by atoms with Crippen LogP contribution in [-0.2, 0) is 15.0 Å². The van der Waals surface area contributed by atoms with E-state index in [0.29, 0.717) is 55.6 Å². The van der Waals surface area contributed by atoms with Crippen LogP contribution in [0.3, 0.4) is 0 Å². The number of nitrogens with one attached hydrogen (secondary N) is 1. The minimum atomic E-state index is -4.34. The number of anilines is 1. The Morgan fingerprint density at radius 1 is 1.16 bits per heavy atom. The van der Waals surface area contributed by atoms with Crippen LogP contribution in [0, 0.1) is 0 Å². The second kappa shape index (κ2) is 9.28. The molecule has 0 bridgehead atoms. The number of hydrogen-bond donors (Lipinski definition) is 1. The third-order valence-corrected chi connectivity index (χ3v) is 8.18. The Kier molecular flexibility index (Phi) is 6.03. The third-order valence-electron chi connectivity index (χ3n) is 8.18. The number of alkyl halides is 3. The molecule has 3 aliphatic rings. The number of fused-ring (bicyclic) bond motifs is 3. The lowest BCUT2D eigenvalue weighted by molar-refractivity contribution is -0.151. The smallest absolute Gasteiger partial charge is 0.391 e. The zero-order chi connectivity index (χ0) is 26.5. The number of amides is 2. The number of nitrogens with zero attached hydrogens (tertiary/aromatic N) is 4. The highest BCUT2D eigenvalue weighted by Gasteiger charge is 2.53. The van der Waals surface area contributed by atoms with Crippen molar-refractivity contribution < 1.29 is 27.5 Å². The van der Waals surface area contributed by atoms with Gasteiger partial charge in [0.15, 0.2) is 5.65 Å². The summed E-state index contributed by atoms with van der Waals surface area (Å²) in [6.45, 7) is 0.0369. The van der Waals surface area contributed by atoms with Crippen molar-refractivity contribution in [3.05, 3.63) is 48.3 Å². The summed E-state index contributed by atoms with van der Waals surface area (Å²) >= 11 is 0. The Bertz CT molecular complexity index is 1370. The molecule has 2 aromatic heterocycles. The first-order chi connectivity index (χ1) is 18.2. The van der Waals surface area contributed by atoms with Gasteiger partial charge in [-0.3, -0.25) is 14.7 Å². The molecule has 1 spiro atoms. The Morgan fingerprint density at radius 2 is 1.95 bits per heavy atom. The van der Waals surface area contributed by atoms with Crippen LogP contribution in [0.1, 0.15) is 50.5 Å². The lowest BCUT2D eigenvalue weighted by Crippen LogP contribution is -2.49. The van der Waals surface area contributed by atoms with E-state index in [1.54, 1.807) is 12.4 Å². The molecule has 2 fully saturated rings. The average Bonchev–Trinajstić information content (AvgIpc) is 3.59. The molecule has 1 saturated heterocycles. The molecular formula is C27H28F3N5O3. The van der Waals surface area contributed by atoms with E-state index in [9.17, 15) is 22.8 Å². The molecule has 8 nitrogen and oxygen atoms in total. The van der Waals surface area contributed by atoms with E-state index in [1.807, 2.05) is 30.3 Å². The maximum absolute atomic E-state index is 13.9. The van der Waals surface area contributed by atoms with Crippen LogP contribution in [-0.4, -0.2) is 63.3 Å². The number of pyridine rings is 1. The normalized spacial score (nSPS) is 25.4. The van der Waals surface area contributed by atoms with Crippen molar-refractivity contribution in [2.24, 2.45) is 0 Å². The van der Waals surface area contributed by atoms with Gasteiger partial charge >= 0.3 is 6.18 Å². The molecule has 11 heteroatoms. The van der Waals surface area contributed by atoms with E-state index in [-0.39, 0.29) is 25.1 Å². The molecule has 1 aliphatic carbocycles. The number of halogens is 3. The van der Waals surface area contributed by atoms with E-state index in [0.717, 1.165) is 10.9 Å². The summed E-state index contributed by atoms with van der Waals surface area (Å²) in [7, 11) is 0. The van der Waals surface area contributed by atoms with Crippen molar-refractivity contribution in [2.75, 3.05) is 18.0 Å². The first-order valence-corrected chi connectivity index (χ1v) is 13.0. The maximum atomic E-state index is 13.9. The van der Waals surface area contributed by atoms with Gasteiger partial charge in [-0.25, -0.2) is 4.98 Å². The van der Waals surface area contributed by atoms with E-state index in [2.05, 4.69) is 15.2 Å². The third kappa shape index (κ3) is 4.37. The molecule has 200 valence electrons. The van der Waals surface area contributed by atoms with Gasteiger partial charge in [0, 0.05) is 23.7 Å². The largest absolute Gasteiger partial charge is 0.489 e. The number of hydrogen-bond acceptors (Lipinski definition) is 5. The Hall–Kier alpha value is -3.63. The first kappa shape index (κ1) is 24.7. The number of benzene rings is 1. The monoisotopic (exact) mass is 527 g/mol. The number of H-pyrrole nitrogens is 1. The number of aromatic amines is 1. The summed E-state index contributed by atoms with van der Waals surface area (Å²) in [4.78, 5) is 34.2. The van der Waals surface area contributed by atoms with Crippen LogP contribution in [0.4, 0.5) is 18.9 Å². The number of carbonyl (C=O) groups is 2. The number of rotatable bonds is 5. The molecule has 38 heavy (non-hydrogen) atoms. The molecule has 3 aromatic rings. The van der Waals surface area contributed by atoms with Crippen molar-refractivity contribution >= 4 is 28.5 Å². The second-order valence-electron chi connectivity index (χ2n) is 10.5. The van der Waals surface area contributed by atoms with Crippen LogP contribution in [0.25, 0.3) is 11.0 Å². The van der Waals surface area contributed by atoms with Crippen LogP contribution in [0.5, 0.6) is 5.75 Å². The Morgan fingerprint density at radius 3 is 2.74 bits per heavy atom. The van der Waals surface area contributed by atoms with Crippen LogP contribution in [0.15, 0.2) is 42.7 Å². The Balaban J connectivity index is 1.17. The molecule has 2 amide bonds. The fourth-order valence-corrected chi connectivity index (χ4v) is 6.38. The molecular weight excluding hydrogens is 499 g/mol. The SMILES string of the molecule is O=C(CN1C(=O)C2(CCC(Oc3cnc4[nH]ncc4c3)CC2)c2ccccc21)N1CCC[C@@H]1CC(F)(F)F. The standard InChI is InChI=1S/C27H28F3N5O3/c28-27(29,30)13-18-4-3-11-34(18)23(36)16-35-22-6-2-1-5-21(22)26(25(35)37)9-7-19(8-10-26)38-20-12-17-14-32-33-24(17)31-15-20/h1-2,5-6,12,14-15,18-19H,3-4,7-11,13,16H2,(H,31,32,33)/t18-,19?,26?/m1/s1. The average molecular weight is 528 g/mol. The topological polar surface area (TPSA) is 91.4 Å². The minimum Gasteiger partial charge on any atom is -0.489 e. The summed E-state index contributed by atoms with van der Waals surface area (Å²) in [6.07, 6.45) is 1.15. The van der Waals surface area contributed by atoms with Gasteiger partial charge in [-0.1, -0.05) is 18.2 Å². The van der Waals surface area contributed by atoms with Gasteiger partial charge in [0.25, 0.3) is 0 Å². The van der Waals surface area contributed by atoms with Crippen molar-refractivity contribution in [3.63, 3.8) is 0 Å². The molecule has 1 N–H and O–H groups in total. The van der Waals surface area contributed by atoms with Gasteiger partial charge in [0.05, 0.1) is 30.3 Å². The predicted octanol–water partition coefficient (Wildman–Crippen LogP) is 4.51. The number of likely N-dealkylation sites (tertiary alicyclic amines) is 1. The molecule has 6 rings (SSSR count). The summed E-state index contributed by atoms with van der Waals surface area (Å²) in [5.41, 5.74) is 1.47. The fourth-order valence-electron chi connectivity index (χ4n) is 6.38. The Labute approximate surface area is 217 Å². The molecule has 1 aromatic carbocycles. The van der Waals surface area contributed by atoms with E-state index in [4.69, 9.17) is 4.74 Å². The molecule has 1 saturated carbocycles. The number of aromatic nitrogens is 3.